The Labute approximate surface area is 82.6 Å². The van der Waals surface area contributed by atoms with Gasteiger partial charge in [0, 0.05) is 14.2 Å². The van der Waals surface area contributed by atoms with E-state index in [2.05, 4.69) is 34.6 Å². The van der Waals surface area contributed by atoms with Crippen LogP contribution in [0.15, 0.2) is 0 Å². The standard InChI is InChI=1S/C11H24O2/c1-9(2)11(13-7,8-12-6)10(3,4)5/h9H,8H2,1-7H3/t11-/m0/s1. The molecule has 0 spiro atoms. The van der Waals surface area contributed by atoms with Crippen LogP contribution >= 0.6 is 0 Å². The topological polar surface area (TPSA) is 18.5 Å². The van der Waals surface area contributed by atoms with Crippen LogP contribution in [0.4, 0.5) is 0 Å². The Morgan fingerprint density at radius 3 is 1.62 bits per heavy atom. The predicted molar refractivity (Wildman–Crippen MR) is 55.9 cm³/mol. The van der Waals surface area contributed by atoms with Crippen LogP contribution in [0, 0.1) is 11.3 Å². The highest BCUT2D eigenvalue weighted by molar-refractivity contribution is 4.94. The maximum atomic E-state index is 5.68. The van der Waals surface area contributed by atoms with Gasteiger partial charge in [-0.3, -0.25) is 0 Å². The van der Waals surface area contributed by atoms with Crippen LogP contribution < -0.4 is 0 Å². The molecule has 0 unspecified atom stereocenters. The van der Waals surface area contributed by atoms with Gasteiger partial charge in [-0.25, -0.2) is 0 Å². The Bertz CT molecular complexity index is 147. The summed E-state index contributed by atoms with van der Waals surface area (Å²) in [5, 5.41) is 0. The molecule has 80 valence electrons. The van der Waals surface area contributed by atoms with Gasteiger partial charge in [-0.15, -0.1) is 0 Å². The molecule has 0 aliphatic heterocycles. The summed E-state index contributed by atoms with van der Waals surface area (Å²) in [6.07, 6.45) is 0. The van der Waals surface area contributed by atoms with Crippen molar-refractivity contribution < 1.29 is 9.47 Å². The average molecular weight is 188 g/mol. The van der Waals surface area contributed by atoms with Crippen molar-refractivity contribution in [2.75, 3.05) is 20.8 Å². The monoisotopic (exact) mass is 188 g/mol. The zero-order valence-electron chi connectivity index (χ0n) is 10.1. The van der Waals surface area contributed by atoms with Crippen molar-refractivity contribution >= 4 is 0 Å². The Hall–Kier alpha value is -0.0800. The van der Waals surface area contributed by atoms with Gasteiger partial charge in [-0.05, 0) is 11.3 Å². The highest BCUT2D eigenvalue weighted by atomic mass is 16.5. The van der Waals surface area contributed by atoms with E-state index in [4.69, 9.17) is 9.47 Å². The van der Waals surface area contributed by atoms with Crippen molar-refractivity contribution in [3.63, 3.8) is 0 Å². The minimum atomic E-state index is -0.193. The minimum Gasteiger partial charge on any atom is -0.382 e. The van der Waals surface area contributed by atoms with E-state index in [0.717, 1.165) is 0 Å². The second-order valence-electron chi connectivity index (χ2n) is 4.93. The molecular weight excluding hydrogens is 164 g/mol. The molecule has 0 bridgehead atoms. The maximum Gasteiger partial charge on any atom is 0.0981 e. The summed E-state index contributed by atoms with van der Waals surface area (Å²) in [5.41, 5.74) is -0.103. The van der Waals surface area contributed by atoms with Crippen LogP contribution in [0.2, 0.25) is 0 Å². The molecule has 0 aromatic heterocycles. The van der Waals surface area contributed by atoms with Crippen LogP contribution in [0.3, 0.4) is 0 Å². The molecule has 0 aromatic rings. The van der Waals surface area contributed by atoms with E-state index in [0.29, 0.717) is 12.5 Å². The third-order valence-corrected chi connectivity index (χ3v) is 2.93. The molecule has 0 heterocycles. The van der Waals surface area contributed by atoms with Crippen molar-refractivity contribution in [2.45, 2.75) is 40.2 Å². The molecule has 0 aliphatic carbocycles. The Kier molecular flexibility index (Phi) is 4.40. The molecule has 13 heavy (non-hydrogen) atoms. The normalized spacial score (nSPS) is 17.5. The molecule has 0 aromatic carbocycles. The second-order valence-corrected chi connectivity index (χ2v) is 4.93. The van der Waals surface area contributed by atoms with E-state index in [1.807, 2.05) is 0 Å². The van der Waals surface area contributed by atoms with E-state index >= 15 is 0 Å². The fourth-order valence-corrected chi connectivity index (χ4v) is 2.06. The molecule has 0 fully saturated rings. The van der Waals surface area contributed by atoms with Crippen LogP contribution in [0.5, 0.6) is 0 Å². The molecule has 2 heteroatoms. The molecule has 0 aliphatic rings. The summed E-state index contributed by atoms with van der Waals surface area (Å²) < 4.78 is 10.9. The van der Waals surface area contributed by atoms with Gasteiger partial charge < -0.3 is 9.47 Å². The van der Waals surface area contributed by atoms with Gasteiger partial charge in [-0.2, -0.15) is 0 Å². The first-order valence-corrected chi connectivity index (χ1v) is 4.86. The molecule has 0 saturated carbocycles. The van der Waals surface area contributed by atoms with E-state index in [1.54, 1.807) is 14.2 Å². The maximum absolute atomic E-state index is 5.68. The number of hydrogen-bond donors (Lipinski definition) is 0. The molecule has 2 nitrogen and oxygen atoms in total. The quantitative estimate of drug-likeness (QED) is 0.675. The van der Waals surface area contributed by atoms with Crippen molar-refractivity contribution in [3.05, 3.63) is 0 Å². The summed E-state index contributed by atoms with van der Waals surface area (Å²) in [7, 11) is 3.49. The first-order valence-electron chi connectivity index (χ1n) is 4.86. The van der Waals surface area contributed by atoms with Gasteiger partial charge in [0.1, 0.15) is 0 Å². The lowest BCUT2D eigenvalue weighted by atomic mass is 9.70. The van der Waals surface area contributed by atoms with Gasteiger partial charge in [0.25, 0.3) is 0 Å². The zero-order chi connectivity index (χ0) is 10.7. The van der Waals surface area contributed by atoms with Gasteiger partial charge in [0.2, 0.25) is 0 Å². The number of methoxy groups -OCH3 is 2. The highest BCUT2D eigenvalue weighted by Gasteiger charge is 2.44. The average Bonchev–Trinajstić information content (AvgIpc) is 1.96. The minimum absolute atomic E-state index is 0.0892. The summed E-state index contributed by atoms with van der Waals surface area (Å²) in [6.45, 7) is 11.6. The smallest absolute Gasteiger partial charge is 0.0981 e. The first-order chi connectivity index (χ1) is 5.81. The van der Waals surface area contributed by atoms with E-state index in [1.165, 1.54) is 0 Å². The van der Waals surface area contributed by atoms with Gasteiger partial charge in [-0.1, -0.05) is 34.6 Å². The molecule has 0 saturated heterocycles. The van der Waals surface area contributed by atoms with Gasteiger partial charge >= 0.3 is 0 Å². The van der Waals surface area contributed by atoms with E-state index < -0.39 is 0 Å². The Morgan fingerprint density at radius 2 is 1.54 bits per heavy atom. The molecule has 1 atom stereocenters. The third-order valence-electron chi connectivity index (χ3n) is 2.93. The number of ether oxygens (including phenoxy) is 2. The SMILES string of the molecule is COC[C@](OC)(C(C)C)C(C)(C)C. The Morgan fingerprint density at radius 1 is 1.08 bits per heavy atom. The van der Waals surface area contributed by atoms with Crippen LogP contribution in [0.25, 0.3) is 0 Å². The lowest BCUT2D eigenvalue weighted by Crippen LogP contribution is -2.52. The fourth-order valence-electron chi connectivity index (χ4n) is 2.06. The lowest BCUT2D eigenvalue weighted by Gasteiger charge is -2.46. The van der Waals surface area contributed by atoms with Gasteiger partial charge in [0.15, 0.2) is 0 Å². The van der Waals surface area contributed by atoms with E-state index in [9.17, 15) is 0 Å². The first kappa shape index (κ1) is 12.9. The largest absolute Gasteiger partial charge is 0.382 e. The van der Waals surface area contributed by atoms with Crippen LogP contribution in [-0.2, 0) is 9.47 Å². The molecule has 0 N–H and O–H groups in total. The lowest BCUT2D eigenvalue weighted by molar-refractivity contribution is -0.158. The number of hydrogen-bond acceptors (Lipinski definition) is 2. The Balaban J connectivity index is 4.87. The van der Waals surface area contributed by atoms with Crippen molar-refractivity contribution in [1.82, 2.24) is 0 Å². The zero-order valence-corrected chi connectivity index (χ0v) is 10.1. The summed E-state index contributed by atoms with van der Waals surface area (Å²) in [4.78, 5) is 0. The van der Waals surface area contributed by atoms with Crippen molar-refractivity contribution in [1.29, 1.82) is 0 Å². The fraction of sp³-hybridized carbons (Fsp3) is 1.00. The third kappa shape index (κ3) is 2.44. The van der Waals surface area contributed by atoms with E-state index in [-0.39, 0.29) is 11.0 Å². The van der Waals surface area contributed by atoms with Crippen molar-refractivity contribution in [2.24, 2.45) is 11.3 Å². The summed E-state index contributed by atoms with van der Waals surface area (Å²) >= 11 is 0. The molecule has 0 radical (unpaired) electrons. The predicted octanol–water partition coefficient (Wildman–Crippen LogP) is 2.72. The summed E-state index contributed by atoms with van der Waals surface area (Å²) in [5.74, 6) is 0.442. The van der Waals surface area contributed by atoms with Crippen molar-refractivity contribution in [3.8, 4) is 0 Å². The summed E-state index contributed by atoms with van der Waals surface area (Å²) in [6, 6.07) is 0. The second kappa shape index (κ2) is 4.43. The number of rotatable bonds is 4. The highest BCUT2D eigenvalue weighted by Crippen LogP contribution is 2.39. The molecule has 0 rings (SSSR count). The van der Waals surface area contributed by atoms with Crippen LogP contribution in [0.1, 0.15) is 34.6 Å². The molecular formula is C11H24O2. The molecule has 0 amide bonds. The van der Waals surface area contributed by atoms with Crippen LogP contribution in [-0.4, -0.2) is 26.4 Å². The van der Waals surface area contributed by atoms with Gasteiger partial charge in [0.05, 0.1) is 12.2 Å².